The SMILES string of the molecule is COCCCNCCSc1nc(C)co1. The first-order valence-corrected chi connectivity index (χ1v) is 6.06. The van der Waals surface area contributed by atoms with Crippen LogP contribution in [0.4, 0.5) is 0 Å². The molecule has 0 saturated heterocycles. The first-order chi connectivity index (χ1) is 7.33. The van der Waals surface area contributed by atoms with E-state index in [0.717, 1.165) is 42.8 Å². The summed E-state index contributed by atoms with van der Waals surface area (Å²) in [5.41, 5.74) is 0.936. The number of ether oxygens (including phenoxy) is 1. The van der Waals surface area contributed by atoms with Crippen LogP contribution in [0, 0.1) is 6.92 Å². The van der Waals surface area contributed by atoms with Gasteiger partial charge in [0.2, 0.25) is 0 Å². The van der Waals surface area contributed by atoms with Gasteiger partial charge in [-0.2, -0.15) is 0 Å². The van der Waals surface area contributed by atoms with Crippen LogP contribution >= 0.6 is 11.8 Å². The lowest BCUT2D eigenvalue weighted by molar-refractivity contribution is 0.194. The van der Waals surface area contributed by atoms with Crippen LogP contribution in [0.25, 0.3) is 0 Å². The number of nitrogens with one attached hydrogen (secondary N) is 1. The first-order valence-electron chi connectivity index (χ1n) is 5.07. The minimum atomic E-state index is 0.756. The fourth-order valence-corrected chi connectivity index (χ4v) is 1.82. The third kappa shape index (κ3) is 5.81. The Balaban J connectivity index is 1.93. The van der Waals surface area contributed by atoms with Gasteiger partial charge in [0.25, 0.3) is 5.22 Å². The highest BCUT2D eigenvalue weighted by atomic mass is 32.2. The highest BCUT2D eigenvalue weighted by molar-refractivity contribution is 7.99. The van der Waals surface area contributed by atoms with Gasteiger partial charge in [-0.1, -0.05) is 11.8 Å². The van der Waals surface area contributed by atoms with Crippen molar-refractivity contribution in [2.24, 2.45) is 0 Å². The molecular formula is C10H18N2O2S. The molecule has 0 aliphatic carbocycles. The van der Waals surface area contributed by atoms with Gasteiger partial charge in [0.15, 0.2) is 0 Å². The Morgan fingerprint density at radius 1 is 1.53 bits per heavy atom. The van der Waals surface area contributed by atoms with Crippen molar-refractivity contribution in [1.82, 2.24) is 10.3 Å². The van der Waals surface area contributed by atoms with Gasteiger partial charge >= 0.3 is 0 Å². The van der Waals surface area contributed by atoms with Gasteiger partial charge in [-0.15, -0.1) is 0 Å². The summed E-state index contributed by atoms with van der Waals surface area (Å²) in [6.45, 7) is 4.71. The molecule has 5 heteroatoms. The molecule has 1 aromatic rings. The Morgan fingerprint density at radius 2 is 2.40 bits per heavy atom. The Hall–Kier alpha value is -0.520. The van der Waals surface area contributed by atoms with Crippen LogP contribution < -0.4 is 5.32 Å². The number of nitrogens with zero attached hydrogens (tertiary/aromatic N) is 1. The third-order valence-corrected chi connectivity index (χ3v) is 2.65. The molecule has 1 rings (SSSR count). The molecule has 0 atom stereocenters. The van der Waals surface area contributed by atoms with Gasteiger partial charge in [0.1, 0.15) is 6.26 Å². The van der Waals surface area contributed by atoms with Crippen LogP contribution in [0.15, 0.2) is 15.9 Å². The van der Waals surface area contributed by atoms with Crippen molar-refractivity contribution in [2.75, 3.05) is 32.6 Å². The second-order valence-corrected chi connectivity index (χ2v) is 4.25. The quantitative estimate of drug-likeness (QED) is 0.544. The standard InChI is InChI=1S/C10H18N2O2S/c1-9-8-14-10(12-9)15-7-5-11-4-3-6-13-2/h8,11H,3-7H2,1-2H3. The molecule has 15 heavy (non-hydrogen) atoms. The molecule has 86 valence electrons. The fourth-order valence-electron chi connectivity index (χ4n) is 1.08. The molecule has 0 unspecified atom stereocenters. The molecule has 4 nitrogen and oxygen atoms in total. The molecule has 0 spiro atoms. The Bertz CT molecular complexity index is 266. The molecule has 0 aliphatic rings. The number of aryl methyl sites for hydroxylation is 1. The zero-order chi connectivity index (χ0) is 10.9. The van der Waals surface area contributed by atoms with Crippen LogP contribution in [-0.2, 0) is 4.74 Å². The van der Waals surface area contributed by atoms with Crippen LogP contribution in [0.1, 0.15) is 12.1 Å². The van der Waals surface area contributed by atoms with Crippen molar-refractivity contribution in [3.05, 3.63) is 12.0 Å². The van der Waals surface area contributed by atoms with E-state index in [2.05, 4.69) is 10.3 Å². The normalized spacial score (nSPS) is 10.8. The van der Waals surface area contributed by atoms with Gasteiger partial charge in [0.05, 0.1) is 5.69 Å². The van der Waals surface area contributed by atoms with Crippen molar-refractivity contribution in [3.63, 3.8) is 0 Å². The number of rotatable bonds is 8. The van der Waals surface area contributed by atoms with E-state index in [4.69, 9.17) is 9.15 Å². The number of hydrogen-bond donors (Lipinski definition) is 1. The molecule has 0 aliphatic heterocycles. The number of hydrogen-bond acceptors (Lipinski definition) is 5. The Labute approximate surface area is 94.8 Å². The smallest absolute Gasteiger partial charge is 0.255 e. The van der Waals surface area contributed by atoms with E-state index in [1.54, 1.807) is 25.1 Å². The predicted octanol–water partition coefficient (Wildman–Crippen LogP) is 1.70. The first kappa shape index (κ1) is 12.5. The summed E-state index contributed by atoms with van der Waals surface area (Å²) in [5, 5.41) is 4.08. The van der Waals surface area contributed by atoms with Crippen molar-refractivity contribution in [2.45, 2.75) is 18.6 Å². The summed E-state index contributed by atoms with van der Waals surface area (Å²) in [6.07, 6.45) is 2.73. The minimum absolute atomic E-state index is 0.756. The molecule has 0 fully saturated rings. The average Bonchev–Trinajstić information content (AvgIpc) is 2.63. The second-order valence-electron chi connectivity index (χ2n) is 3.20. The molecule has 1 heterocycles. The number of oxazole rings is 1. The van der Waals surface area contributed by atoms with Crippen LogP contribution in [-0.4, -0.2) is 37.5 Å². The summed E-state index contributed by atoms with van der Waals surface area (Å²) in [7, 11) is 1.72. The lowest BCUT2D eigenvalue weighted by atomic mass is 10.4. The highest BCUT2D eigenvalue weighted by Crippen LogP contribution is 2.15. The van der Waals surface area contributed by atoms with Crippen LogP contribution in [0.3, 0.4) is 0 Å². The zero-order valence-corrected chi connectivity index (χ0v) is 10.1. The van der Waals surface area contributed by atoms with E-state index in [-0.39, 0.29) is 0 Å². The van der Waals surface area contributed by atoms with E-state index >= 15 is 0 Å². The summed E-state index contributed by atoms with van der Waals surface area (Å²) < 4.78 is 10.2. The molecule has 0 radical (unpaired) electrons. The number of thioether (sulfide) groups is 1. The Kier molecular flexibility index (Phi) is 6.47. The van der Waals surface area contributed by atoms with Crippen molar-refractivity contribution >= 4 is 11.8 Å². The van der Waals surface area contributed by atoms with Crippen LogP contribution in [0.5, 0.6) is 0 Å². The minimum Gasteiger partial charge on any atom is -0.440 e. The molecule has 0 bridgehead atoms. The molecule has 1 aromatic heterocycles. The van der Waals surface area contributed by atoms with E-state index in [9.17, 15) is 0 Å². The summed E-state index contributed by atoms with van der Waals surface area (Å²) in [4.78, 5) is 4.21. The van der Waals surface area contributed by atoms with Gasteiger partial charge < -0.3 is 14.5 Å². The van der Waals surface area contributed by atoms with Gasteiger partial charge in [-0.25, -0.2) is 4.98 Å². The van der Waals surface area contributed by atoms with E-state index in [0.29, 0.717) is 0 Å². The molecule has 0 saturated carbocycles. The van der Waals surface area contributed by atoms with Crippen molar-refractivity contribution in [3.8, 4) is 0 Å². The van der Waals surface area contributed by atoms with Gasteiger partial charge in [0, 0.05) is 26.0 Å². The maximum Gasteiger partial charge on any atom is 0.255 e. The van der Waals surface area contributed by atoms with E-state index in [1.165, 1.54) is 0 Å². The van der Waals surface area contributed by atoms with Crippen LogP contribution in [0.2, 0.25) is 0 Å². The largest absolute Gasteiger partial charge is 0.440 e. The molecule has 0 aromatic carbocycles. The fraction of sp³-hybridized carbons (Fsp3) is 0.700. The Morgan fingerprint density at radius 3 is 3.07 bits per heavy atom. The second kappa shape index (κ2) is 7.73. The number of aromatic nitrogens is 1. The maximum atomic E-state index is 5.21. The summed E-state index contributed by atoms with van der Waals surface area (Å²) in [5.74, 6) is 0.979. The van der Waals surface area contributed by atoms with Crippen molar-refractivity contribution < 1.29 is 9.15 Å². The molecule has 1 N–H and O–H groups in total. The monoisotopic (exact) mass is 230 g/mol. The zero-order valence-electron chi connectivity index (χ0n) is 9.28. The van der Waals surface area contributed by atoms with Gasteiger partial charge in [-0.05, 0) is 19.9 Å². The number of methoxy groups -OCH3 is 1. The summed E-state index contributed by atoms with van der Waals surface area (Å²) in [6, 6.07) is 0. The topological polar surface area (TPSA) is 47.3 Å². The van der Waals surface area contributed by atoms with E-state index in [1.807, 2.05) is 6.92 Å². The third-order valence-electron chi connectivity index (χ3n) is 1.80. The maximum absolute atomic E-state index is 5.21. The highest BCUT2D eigenvalue weighted by Gasteiger charge is 1.99. The average molecular weight is 230 g/mol. The van der Waals surface area contributed by atoms with Crippen molar-refractivity contribution in [1.29, 1.82) is 0 Å². The molecular weight excluding hydrogens is 212 g/mol. The van der Waals surface area contributed by atoms with E-state index < -0.39 is 0 Å². The van der Waals surface area contributed by atoms with Gasteiger partial charge in [-0.3, -0.25) is 0 Å². The predicted molar refractivity (Wildman–Crippen MR) is 61.3 cm³/mol. The lowest BCUT2D eigenvalue weighted by Gasteiger charge is -2.02. The summed E-state index contributed by atoms with van der Waals surface area (Å²) >= 11 is 1.63. The lowest BCUT2D eigenvalue weighted by Crippen LogP contribution is -2.19. The molecule has 0 amide bonds.